The summed E-state index contributed by atoms with van der Waals surface area (Å²) in [5.74, 6) is 0.934. The van der Waals surface area contributed by atoms with Crippen LogP contribution in [0.2, 0.25) is 0 Å². The van der Waals surface area contributed by atoms with Gasteiger partial charge >= 0.3 is 0 Å². The van der Waals surface area contributed by atoms with Crippen molar-refractivity contribution in [3.63, 3.8) is 0 Å². The van der Waals surface area contributed by atoms with Gasteiger partial charge < -0.3 is 5.32 Å². The fraction of sp³-hybridized carbons (Fsp3) is 0.407. The molecule has 184 valence electrons. The highest BCUT2D eigenvalue weighted by atomic mass is 32.2. The zero-order valence-corrected chi connectivity index (χ0v) is 21.6. The molecule has 0 saturated heterocycles. The number of rotatable bonds is 10. The van der Waals surface area contributed by atoms with Gasteiger partial charge in [0.05, 0.1) is 16.2 Å². The summed E-state index contributed by atoms with van der Waals surface area (Å²) in [6, 6.07) is 17.9. The first-order valence-electron chi connectivity index (χ1n) is 12.2. The number of hydrogen-bond donors (Lipinski definition) is 1. The van der Waals surface area contributed by atoms with Crippen LogP contribution in [0.15, 0.2) is 64.5 Å². The zero-order chi connectivity index (χ0) is 24.9. The number of carbonyl (C=O) groups is 1. The molecular weight excluding hydrogens is 458 g/mol. The first-order chi connectivity index (χ1) is 16.8. The van der Waals surface area contributed by atoms with Gasteiger partial charge in [-0.05, 0) is 56.7 Å². The van der Waals surface area contributed by atoms with Crippen molar-refractivity contribution in [2.24, 2.45) is 5.92 Å². The summed E-state index contributed by atoms with van der Waals surface area (Å²) in [5, 5.41) is 12.7. The fourth-order valence-corrected chi connectivity index (χ4v) is 4.94. The lowest BCUT2D eigenvalue weighted by Crippen LogP contribution is -2.38. The van der Waals surface area contributed by atoms with E-state index in [1.54, 1.807) is 4.57 Å². The van der Waals surface area contributed by atoms with Crippen molar-refractivity contribution in [2.75, 3.05) is 0 Å². The maximum atomic E-state index is 13.2. The van der Waals surface area contributed by atoms with E-state index in [1.807, 2.05) is 60.7 Å². The first-order valence-corrected chi connectivity index (χ1v) is 13.1. The average Bonchev–Trinajstić information content (AvgIpc) is 3.26. The molecule has 1 amide bonds. The number of fused-ring (bicyclic) bond motifs is 3. The molecule has 0 bridgehead atoms. The highest BCUT2D eigenvalue weighted by molar-refractivity contribution is 8.00. The monoisotopic (exact) mass is 491 g/mol. The summed E-state index contributed by atoms with van der Waals surface area (Å²) in [4.78, 5) is 26.1. The minimum atomic E-state index is -0.364. The van der Waals surface area contributed by atoms with Crippen LogP contribution < -0.4 is 10.9 Å². The van der Waals surface area contributed by atoms with E-state index in [9.17, 15) is 9.59 Å². The third-order valence-corrected chi connectivity index (χ3v) is 7.20. The van der Waals surface area contributed by atoms with Crippen molar-refractivity contribution in [3.8, 4) is 0 Å². The summed E-state index contributed by atoms with van der Waals surface area (Å²) in [6.45, 7) is 8.75. The van der Waals surface area contributed by atoms with E-state index in [4.69, 9.17) is 0 Å². The Balaban J connectivity index is 1.53. The number of hydrogen-bond acceptors (Lipinski definition) is 5. The molecule has 0 spiro atoms. The van der Waals surface area contributed by atoms with E-state index in [0.29, 0.717) is 28.8 Å². The number of carbonyl (C=O) groups excluding carboxylic acids is 1. The number of nitrogens with zero attached hydrogens (tertiary/aromatic N) is 4. The Hall–Kier alpha value is -3.13. The summed E-state index contributed by atoms with van der Waals surface area (Å²) in [7, 11) is 0. The molecule has 4 aromatic rings. The second-order valence-corrected chi connectivity index (χ2v) is 10.8. The van der Waals surface area contributed by atoms with Crippen LogP contribution in [0.5, 0.6) is 0 Å². The lowest BCUT2D eigenvalue weighted by atomic mass is 10.1. The molecule has 2 atom stereocenters. The molecule has 1 N–H and O–H groups in total. The van der Waals surface area contributed by atoms with E-state index in [1.165, 1.54) is 17.3 Å². The van der Waals surface area contributed by atoms with Crippen molar-refractivity contribution >= 4 is 34.3 Å². The average molecular weight is 492 g/mol. The van der Waals surface area contributed by atoms with Crippen LogP contribution in [0.3, 0.4) is 0 Å². The molecular formula is C27H33N5O2S. The molecule has 8 heteroatoms. The van der Waals surface area contributed by atoms with Crippen LogP contribution in [0.1, 0.15) is 46.1 Å². The smallest absolute Gasteiger partial charge is 0.262 e. The lowest BCUT2D eigenvalue weighted by molar-refractivity contribution is -0.120. The number of nitrogens with one attached hydrogen (secondary N) is 1. The molecule has 0 aliphatic rings. The van der Waals surface area contributed by atoms with Crippen molar-refractivity contribution in [2.45, 2.75) is 70.0 Å². The van der Waals surface area contributed by atoms with Crippen LogP contribution in [0, 0.1) is 5.92 Å². The Kier molecular flexibility index (Phi) is 7.90. The zero-order valence-electron chi connectivity index (χ0n) is 20.8. The van der Waals surface area contributed by atoms with Crippen molar-refractivity contribution in [1.82, 2.24) is 24.5 Å². The van der Waals surface area contributed by atoms with E-state index < -0.39 is 0 Å². The van der Waals surface area contributed by atoms with E-state index in [2.05, 4.69) is 41.5 Å². The quantitative estimate of drug-likeness (QED) is 0.325. The minimum absolute atomic E-state index is 0.0373. The second-order valence-electron chi connectivity index (χ2n) is 9.47. The number of thioether (sulfide) groups is 1. The molecule has 2 heterocycles. The van der Waals surface area contributed by atoms with Gasteiger partial charge in [0.1, 0.15) is 0 Å². The Bertz CT molecular complexity index is 1360. The van der Waals surface area contributed by atoms with E-state index in [0.717, 1.165) is 24.8 Å². The van der Waals surface area contributed by atoms with Crippen LogP contribution in [-0.2, 0) is 17.8 Å². The first kappa shape index (κ1) is 25.0. The van der Waals surface area contributed by atoms with Crippen molar-refractivity contribution in [1.29, 1.82) is 0 Å². The normalized spacial score (nSPS) is 13.4. The topological polar surface area (TPSA) is 81.3 Å². The molecule has 0 aliphatic carbocycles. The summed E-state index contributed by atoms with van der Waals surface area (Å²) < 4.78 is 3.61. The van der Waals surface area contributed by atoms with Gasteiger partial charge in [0.2, 0.25) is 11.7 Å². The fourth-order valence-electron chi connectivity index (χ4n) is 4.07. The van der Waals surface area contributed by atoms with Gasteiger partial charge in [0.25, 0.3) is 5.56 Å². The van der Waals surface area contributed by atoms with Gasteiger partial charge in [-0.15, -0.1) is 10.2 Å². The molecule has 2 aromatic heterocycles. The van der Waals surface area contributed by atoms with Crippen LogP contribution in [0.25, 0.3) is 16.7 Å². The van der Waals surface area contributed by atoms with Gasteiger partial charge in [-0.3, -0.25) is 18.6 Å². The third kappa shape index (κ3) is 5.75. The summed E-state index contributed by atoms with van der Waals surface area (Å²) >= 11 is 1.36. The Morgan fingerprint density at radius 2 is 1.69 bits per heavy atom. The second kappa shape index (κ2) is 11.1. The molecule has 2 unspecified atom stereocenters. The highest BCUT2D eigenvalue weighted by Crippen LogP contribution is 2.25. The number of benzene rings is 2. The Morgan fingerprint density at radius 3 is 2.43 bits per heavy atom. The molecule has 0 saturated carbocycles. The molecule has 7 nitrogen and oxygen atoms in total. The highest BCUT2D eigenvalue weighted by Gasteiger charge is 2.22. The summed E-state index contributed by atoms with van der Waals surface area (Å²) in [6.07, 6.45) is 2.65. The molecule has 4 rings (SSSR count). The molecule has 0 radical (unpaired) electrons. The minimum Gasteiger partial charge on any atom is -0.353 e. The van der Waals surface area contributed by atoms with Gasteiger partial charge in [-0.2, -0.15) is 0 Å². The molecule has 2 aromatic carbocycles. The standard InChI is InChI=1S/C27H33N5O2S/c1-18(2)16-17-31-25(34)22-12-8-9-13-23(22)32-26(31)29-30-27(32)35-20(4)24(33)28-19(3)14-15-21-10-6-5-7-11-21/h5-13,18-20H,14-17H2,1-4H3,(H,28,33). The van der Waals surface area contributed by atoms with E-state index in [-0.39, 0.29) is 22.8 Å². The number of aromatic nitrogens is 4. The molecule has 0 fully saturated rings. The summed E-state index contributed by atoms with van der Waals surface area (Å²) in [5.41, 5.74) is 1.96. The van der Waals surface area contributed by atoms with Gasteiger partial charge in [-0.25, -0.2) is 0 Å². The van der Waals surface area contributed by atoms with E-state index >= 15 is 0 Å². The van der Waals surface area contributed by atoms with Crippen LogP contribution in [0.4, 0.5) is 0 Å². The predicted molar refractivity (Wildman–Crippen MR) is 142 cm³/mol. The molecule has 0 aliphatic heterocycles. The Morgan fingerprint density at radius 1 is 0.971 bits per heavy atom. The number of para-hydroxylation sites is 1. The largest absolute Gasteiger partial charge is 0.353 e. The van der Waals surface area contributed by atoms with Crippen LogP contribution >= 0.6 is 11.8 Å². The van der Waals surface area contributed by atoms with Crippen molar-refractivity contribution < 1.29 is 4.79 Å². The van der Waals surface area contributed by atoms with Crippen molar-refractivity contribution in [3.05, 3.63) is 70.5 Å². The predicted octanol–water partition coefficient (Wildman–Crippen LogP) is 4.71. The number of aryl methyl sites for hydroxylation is 2. The SMILES string of the molecule is CC(C)CCn1c(=O)c2ccccc2n2c(SC(C)C(=O)NC(C)CCc3ccccc3)nnc12. The van der Waals surface area contributed by atoms with Gasteiger partial charge in [-0.1, -0.05) is 68.1 Å². The number of amides is 1. The van der Waals surface area contributed by atoms with Gasteiger partial charge in [0.15, 0.2) is 5.16 Å². The molecule has 35 heavy (non-hydrogen) atoms. The maximum Gasteiger partial charge on any atom is 0.262 e. The van der Waals surface area contributed by atoms with Gasteiger partial charge in [0, 0.05) is 12.6 Å². The lowest BCUT2D eigenvalue weighted by Gasteiger charge is -2.17. The third-order valence-electron chi connectivity index (χ3n) is 6.16. The maximum absolute atomic E-state index is 13.2. The van der Waals surface area contributed by atoms with Crippen LogP contribution in [-0.4, -0.2) is 36.4 Å². The Labute approximate surface area is 210 Å².